The van der Waals surface area contributed by atoms with Crippen molar-refractivity contribution in [2.24, 2.45) is 0 Å². The first kappa shape index (κ1) is 28.5. The number of rotatable bonds is 10. The molecule has 1 aliphatic rings. The fourth-order valence-electron chi connectivity index (χ4n) is 4.10. The van der Waals surface area contributed by atoms with Gasteiger partial charge in [0, 0.05) is 11.1 Å². The highest BCUT2D eigenvalue weighted by molar-refractivity contribution is 8.18. The molecule has 3 aromatic carbocycles. The summed E-state index contributed by atoms with van der Waals surface area (Å²) in [4.78, 5) is 27.3. The molecule has 2 amide bonds. The Morgan fingerprint density at radius 1 is 1.05 bits per heavy atom. The molecule has 0 unspecified atom stereocenters. The molecular weight excluding hydrogens is 541 g/mol. The zero-order valence-electron chi connectivity index (χ0n) is 22.1. The van der Waals surface area contributed by atoms with Gasteiger partial charge in [0.2, 0.25) is 0 Å². The summed E-state index contributed by atoms with van der Waals surface area (Å²) in [5.41, 5.74) is 2.84. The van der Waals surface area contributed by atoms with Crippen LogP contribution in [0, 0.1) is 12.7 Å². The quantitative estimate of drug-likeness (QED) is 0.234. The van der Waals surface area contributed by atoms with Gasteiger partial charge >= 0.3 is 0 Å². The van der Waals surface area contributed by atoms with E-state index < -0.39 is 11.7 Å². The summed E-state index contributed by atoms with van der Waals surface area (Å²) in [7, 11) is 1.48. The molecule has 1 fully saturated rings. The van der Waals surface area contributed by atoms with Crippen molar-refractivity contribution < 1.29 is 28.2 Å². The van der Waals surface area contributed by atoms with Gasteiger partial charge in [-0.15, -0.1) is 0 Å². The van der Waals surface area contributed by atoms with Gasteiger partial charge in [-0.25, -0.2) is 4.39 Å². The minimum atomic E-state index is -0.492. The predicted octanol–water partition coefficient (Wildman–Crippen LogP) is 7.61. The molecule has 6 nitrogen and oxygen atoms in total. The van der Waals surface area contributed by atoms with E-state index in [2.05, 4.69) is 13.8 Å². The number of methoxy groups -OCH3 is 1. The Hall–Kier alpha value is -3.49. The van der Waals surface area contributed by atoms with Crippen LogP contribution < -0.4 is 14.2 Å². The topological polar surface area (TPSA) is 65.1 Å². The molecule has 9 heteroatoms. The maximum absolute atomic E-state index is 14.3. The number of hydrogen-bond donors (Lipinski definition) is 0. The van der Waals surface area contributed by atoms with E-state index in [1.54, 1.807) is 30.3 Å². The Balaban J connectivity index is 1.50. The van der Waals surface area contributed by atoms with Crippen molar-refractivity contribution in [2.45, 2.75) is 33.3 Å². The number of nitrogens with zero attached hydrogens (tertiary/aromatic N) is 1. The molecule has 0 radical (unpaired) electrons. The highest BCUT2D eigenvalue weighted by Crippen LogP contribution is 2.38. The van der Waals surface area contributed by atoms with Crippen molar-refractivity contribution >= 4 is 40.6 Å². The minimum Gasteiger partial charge on any atom is -0.493 e. The van der Waals surface area contributed by atoms with Gasteiger partial charge in [0.25, 0.3) is 11.1 Å². The van der Waals surface area contributed by atoms with E-state index in [9.17, 15) is 14.0 Å². The number of carbonyl (C=O) groups is 2. The summed E-state index contributed by atoms with van der Waals surface area (Å²) >= 11 is 6.99. The molecule has 39 heavy (non-hydrogen) atoms. The first-order chi connectivity index (χ1) is 18.7. The second-order valence-electron chi connectivity index (χ2n) is 9.25. The van der Waals surface area contributed by atoms with Gasteiger partial charge in [0.05, 0.1) is 23.6 Å². The molecule has 204 valence electrons. The van der Waals surface area contributed by atoms with E-state index in [0.29, 0.717) is 17.1 Å². The number of thioether (sulfide) groups is 1. The summed E-state index contributed by atoms with van der Waals surface area (Å²) in [6.45, 7) is 6.29. The first-order valence-electron chi connectivity index (χ1n) is 12.4. The lowest BCUT2D eigenvalue weighted by Gasteiger charge is -2.17. The molecule has 0 saturated carbocycles. The molecular formula is C30H29ClFNO5S. The average Bonchev–Trinajstić information content (AvgIpc) is 3.16. The van der Waals surface area contributed by atoms with Crippen molar-refractivity contribution in [1.29, 1.82) is 0 Å². The second kappa shape index (κ2) is 12.6. The molecule has 0 N–H and O–H groups in total. The Morgan fingerprint density at radius 3 is 2.54 bits per heavy atom. The van der Waals surface area contributed by atoms with Crippen molar-refractivity contribution in [2.75, 3.05) is 20.3 Å². The Labute approximate surface area is 236 Å². The molecule has 1 aliphatic heterocycles. The van der Waals surface area contributed by atoms with Crippen LogP contribution in [0.4, 0.5) is 9.18 Å². The third-order valence-electron chi connectivity index (χ3n) is 6.18. The summed E-state index contributed by atoms with van der Waals surface area (Å²) in [6.07, 6.45) is 1.57. The standard InChI is InChI=1S/C30H29ClFNO5S/c1-18(2)21-12-11-19(3)15-26(21)37-14-13-33-29(34)27(39-30(33)35)16-20-7-5-10-25(36-4)28(20)38-17-22-23(31)8-6-9-24(22)32/h5-12,15-16,18H,13-14,17H2,1-4H3/b27-16-. The van der Waals surface area contributed by atoms with Gasteiger partial charge in [-0.3, -0.25) is 14.5 Å². The van der Waals surface area contributed by atoms with Crippen LogP contribution in [0.3, 0.4) is 0 Å². The van der Waals surface area contributed by atoms with Gasteiger partial charge in [-0.2, -0.15) is 0 Å². The van der Waals surface area contributed by atoms with Crippen molar-refractivity contribution in [3.05, 3.63) is 92.6 Å². The van der Waals surface area contributed by atoms with Crippen LogP contribution >= 0.6 is 23.4 Å². The van der Waals surface area contributed by atoms with Gasteiger partial charge < -0.3 is 14.2 Å². The van der Waals surface area contributed by atoms with Gasteiger partial charge in [0.15, 0.2) is 11.5 Å². The number of hydrogen-bond acceptors (Lipinski definition) is 6. The molecule has 0 atom stereocenters. The number of ether oxygens (including phenoxy) is 3. The summed E-state index contributed by atoms with van der Waals surface area (Å²) in [5, 5.41) is -0.146. The number of amides is 2. The third-order valence-corrected chi connectivity index (χ3v) is 7.44. The van der Waals surface area contributed by atoms with E-state index >= 15 is 0 Å². The molecule has 3 aromatic rings. The van der Waals surface area contributed by atoms with Crippen LogP contribution in [-0.4, -0.2) is 36.3 Å². The Bertz CT molecular complexity index is 1400. The van der Waals surface area contributed by atoms with Crippen LogP contribution in [0.5, 0.6) is 17.2 Å². The van der Waals surface area contributed by atoms with Crippen LogP contribution in [0.1, 0.15) is 42.0 Å². The maximum Gasteiger partial charge on any atom is 0.293 e. The normalized spacial score (nSPS) is 14.4. The number of halogens is 2. The summed E-state index contributed by atoms with van der Waals surface area (Å²) in [5.74, 6) is 0.800. The summed E-state index contributed by atoms with van der Waals surface area (Å²) in [6, 6.07) is 15.6. The van der Waals surface area contributed by atoms with Crippen LogP contribution in [0.25, 0.3) is 6.08 Å². The molecule has 0 spiro atoms. The van der Waals surface area contributed by atoms with Gasteiger partial charge in [-0.05, 0) is 66.1 Å². The van der Waals surface area contributed by atoms with Gasteiger partial charge in [-0.1, -0.05) is 55.8 Å². The van der Waals surface area contributed by atoms with Crippen LogP contribution in [0.2, 0.25) is 5.02 Å². The second-order valence-corrected chi connectivity index (χ2v) is 10.6. The molecule has 1 saturated heterocycles. The smallest absolute Gasteiger partial charge is 0.293 e. The van der Waals surface area contributed by atoms with Crippen molar-refractivity contribution in [3.8, 4) is 17.2 Å². The monoisotopic (exact) mass is 569 g/mol. The van der Waals surface area contributed by atoms with Gasteiger partial charge in [0.1, 0.15) is 24.8 Å². The van der Waals surface area contributed by atoms with E-state index in [0.717, 1.165) is 28.6 Å². The van der Waals surface area contributed by atoms with E-state index in [4.69, 9.17) is 25.8 Å². The van der Waals surface area contributed by atoms with Crippen LogP contribution in [-0.2, 0) is 11.4 Å². The third kappa shape index (κ3) is 6.57. The number of aryl methyl sites for hydroxylation is 1. The zero-order valence-corrected chi connectivity index (χ0v) is 23.7. The van der Waals surface area contributed by atoms with Crippen LogP contribution in [0.15, 0.2) is 59.5 Å². The first-order valence-corrected chi connectivity index (χ1v) is 13.6. The number of benzene rings is 3. The van der Waals surface area contributed by atoms with E-state index in [1.807, 2.05) is 25.1 Å². The van der Waals surface area contributed by atoms with Crippen molar-refractivity contribution in [3.63, 3.8) is 0 Å². The highest BCUT2D eigenvalue weighted by Gasteiger charge is 2.35. The molecule has 0 bridgehead atoms. The number of para-hydroxylation sites is 1. The largest absolute Gasteiger partial charge is 0.493 e. The average molecular weight is 570 g/mol. The fourth-order valence-corrected chi connectivity index (χ4v) is 5.17. The maximum atomic E-state index is 14.3. The Kier molecular flexibility index (Phi) is 9.20. The lowest BCUT2D eigenvalue weighted by Crippen LogP contribution is -2.32. The number of carbonyl (C=O) groups excluding carboxylic acids is 2. The van der Waals surface area contributed by atoms with Crippen molar-refractivity contribution in [1.82, 2.24) is 4.90 Å². The Morgan fingerprint density at radius 2 is 1.82 bits per heavy atom. The van der Waals surface area contributed by atoms with E-state index in [-0.39, 0.29) is 46.4 Å². The minimum absolute atomic E-state index is 0.112. The predicted molar refractivity (Wildman–Crippen MR) is 152 cm³/mol. The zero-order chi connectivity index (χ0) is 28.1. The highest BCUT2D eigenvalue weighted by atomic mass is 35.5. The molecule has 0 aliphatic carbocycles. The molecule has 4 rings (SSSR count). The lowest BCUT2D eigenvalue weighted by atomic mass is 10.0. The number of imide groups is 1. The fraction of sp³-hybridized carbons (Fsp3) is 0.267. The van der Waals surface area contributed by atoms with E-state index in [1.165, 1.54) is 24.1 Å². The lowest BCUT2D eigenvalue weighted by molar-refractivity contribution is -0.123. The SMILES string of the molecule is COc1cccc(/C=C2\SC(=O)N(CCOc3cc(C)ccc3C(C)C)C2=O)c1OCc1c(F)cccc1Cl. The molecule has 1 heterocycles. The summed E-state index contributed by atoms with van der Waals surface area (Å²) < 4.78 is 31.6. The molecule has 0 aromatic heterocycles.